The summed E-state index contributed by atoms with van der Waals surface area (Å²) in [5.74, 6) is 3.61. The Morgan fingerprint density at radius 1 is 1.28 bits per heavy atom. The van der Waals surface area contributed by atoms with Gasteiger partial charge in [0.05, 0.1) is 0 Å². The molecule has 5 nitrogen and oxygen atoms in total. The number of hydrogen-bond acceptors (Lipinski definition) is 3. The van der Waals surface area contributed by atoms with Crippen LogP contribution in [0.2, 0.25) is 5.28 Å². The fourth-order valence-corrected chi connectivity index (χ4v) is 6.33. The van der Waals surface area contributed by atoms with Gasteiger partial charge in [-0.05, 0) is 67.9 Å². The lowest BCUT2D eigenvalue weighted by Gasteiger charge is -2.38. The van der Waals surface area contributed by atoms with Crippen LogP contribution in [-0.4, -0.2) is 19.5 Å². The summed E-state index contributed by atoms with van der Waals surface area (Å²) in [6.45, 7) is 2.62. The van der Waals surface area contributed by atoms with Gasteiger partial charge in [-0.2, -0.15) is 4.98 Å². The lowest BCUT2D eigenvalue weighted by atomic mass is 9.67. The molecular formula is C19H25ClN4O. The first-order valence-corrected chi connectivity index (χ1v) is 10.1. The smallest absolute Gasteiger partial charge is 0.280 e. The number of hydrogen-bond donors (Lipinski definition) is 1. The molecule has 2 aromatic heterocycles. The second-order valence-corrected chi connectivity index (χ2v) is 8.90. The van der Waals surface area contributed by atoms with Crippen LogP contribution in [0.1, 0.15) is 64.1 Å². The topological polar surface area (TPSA) is 63.6 Å². The number of aromatic amines is 1. The zero-order valence-corrected chi connectivity index (χ0v) is 15.5. The first kappa shape index (κ1) is 15.9. The van der Waals surface area contributed by atoms with E-state index in [1.807, 2.05) is 6.92 Å². The molecule has 0 amide bonds. The Morgan fingerprint density at radius 2 is 2.12 bits per heavy atom. The number of halogens is 1. The Morgan fingerprint density at radius 3 is 2.96 bits per heavy atom. The van der Waals surface area contributed by atoms with Crippen LogP contribution in [0.3, 0.4) is 0 Å². The van der Waals surface area contributed by atoms with E-state index in [0.717, 1.165) is 30.0 Å². The van der Waals surface area contributed by atoms with Gasteiger partial charge in [-0.25, -0.2) is 4.98 Å². The molecule has 0 saturated heterocycles. The number of nitrogens with zero attached hydrogens (tertiary/aromatic N) is 3. The molecule has 3 aliphatic rings. The van der Waals surface area contributed by atoms with Gasteiger partial charge in [0.1, 0.15) is 5.82 Å². The molecule has 3 aliphatic carbocycles. The first-order chi connectivity index (χ1) is 12.1. The molecule has 1 N–H and O–H groups in total. The molecule has 4 atom stereocenters. The molecule has 3 saturated carbocycles. The number of nitrogens with one attached hydrogen (secondary N) is 1. The summed E-state index contributed by atoms with van der Waals surface area (Å²) in [5, 5.41) is 0.250. The fraction of sp³-hybridized carbons (Fsp3) is 0.737. The van der Waals surface area contributed by atoms with Gasteiger partial charge in [-0.15, -0.1) is 0 Å². The summed E-state index contributed by atoms with van der Waals surface area (Å²) in [4.78, 5) is 25.4. The second-order valence-electron chi connectivity index (χ2n) is 8.56. The zero-order valence-electron chi connectivity index (χ0n) is 14.7. The van der Waals surface area contributed by atoms with E-state index in [1.165, 1.54) is 44.9 Å². The van der Waals surface area contributed by atoms with Crippen LogP contribution in [0.4, 0.5) is 0 Å². The summed E-state index contributed by atoms with van der Waals surface area (Å²) >= 11 is 6.24. The lowest BCUT2D eigenvalue weighted by molar-refractivity contribution is 0.197. The Hall–Kier alpha value is -1.36. The molecule has 3 bridgehead atoms. The van der Waals surface area contributed by atoms with Crippen molar-refractivity contribution in [2.45, 2.75) is 70.3 Å². The van der Waals surface area contributed by atoms with E-state index in [9.17, 15) is 4.79 Å². The number of aromatic nitrogens is 4. The van der Waals surface area contributed by atoms with Crippen LogP contribution < -0.4 is 5.56 Å². The van der Waals surface area contributed by atoms with Crippen molar-refractivity contribution in [3.05, 3.63) is 21.5 Å². The van der Waals surface area contributed by atoms with Crippen molar-refractivity contribution in [2.75, 3.05) is 0 Å². The van der Waals surface area contributed by atoms with Gasteiger partial charge in [0, 0.05) is 12.0 Å². The number of fused-ring (bicyclic) bond motifs is 3. The predicted molar refractivity (Wildman–Crippen MR) is 97.9 cm³/mol. The molecule has 5 rings (SSSR count). The zero-order chi connectivity index (χ0) is 17.2. The molecule has 25 heavy (non-hydrogen) atoms. The summed E-state index contributed by atoms with van der Waals surface area (Å²) in [5.41, 5.74) is 1.05. The highest BCUT2D eigenvalue weighted by molar-refractivity contribution is 6.28. The fourth-order valence-electron chi connectivity index (χ4n) is 6.09. The molecule has 4 unspecified atom stereocenters. The molecule has 0 spiro atoms. The van der Waals surface area contributed by atoms with Crippen molar-refractivity contribution in [3.8, 4) is 0 Å². The Labute approximate surface area is 152 Å². The van der Waals surface area contributed by atoms with E-state index in [1.54, 1.807) is 4.57 Å². The van der Waals surface area contributed by atoms with Crippen LogP contribution in [0, 0.1) is 17.8 Å². The number of rotatable bonds is 3. The van der Waals surface area contributed by atoms with Gasteiger partial charge in [0.2, 0.25) is 5.28 Å². The normalized spacial score (nSPS) is 33.9. The molecule has 134 valence electrons. The highest BCUT2D eigenvalue weighted by Crippen LogP contribution is 2.58. The van der Waals surface area contributed by atoms with Crippen molar-refractivity contribution in [1.29, 1.82) is 0 Å². The molecular weight excluding hydrogens is 336 g/mol. The first-order valence-electron chi connectivity index (χ1n) is 9.76. The molecule has 2 aromatic rings. The van der Waals surface area contributed by atoms with Gasteiger partial charge in [0.15, 0.2) is 11.2 Å². The van der Waals surface area contributed by atoms with E-state index in [2.05, 4.69) is 9.97 Å². The van der Waals surface area contributed by atoms with Crippen molar-refractivity contribution >= 4 is 22.8 Å². The van der Waals surface area contributed by atoms with E-state index in [0.29, 0.717) is 17.7 Å². The van der Waals surface area contributed by atoms with Gasteiger partial charge in [-0.3, -0.25) is 9.36 Å². The van der Waals surface area contributed by atoms with Crippen LogP contribution in [-0.2, 0) is 12.0 Å². The minimum atomic E-state index is -0.0859. The van der Waals surface area contributed by atoms with Crippen LogP contribution in [0.25, 0.3) is 11.2 Å². The third-order valence-electron chi connectivity index (χ3n) is 7.02. The number of H-pyrrole nitrogens is 1. The van der Waals surface area contributed by atoms with Crippen molar-refractivity contribution in [1.82, 2.24) is 19.5 Å². The Kier molecular flexibility index (Phi) is 3.53. The summed E-state index contributed by atoms with van der Waals surface area (Å²) in [7, 11) is 0. The third-order valence-corrected chi connectivity index (χ3v) is 7.30. The average Bonchev–Trinajstić information content (AvgIpc) is 3.09. The molecule has 2 heterocycles. The second kappa shape index (κ2) is 5.57. The van der Waals surface area contributed by atoms with E-state index in [-0.39, 0.29) is 16.3 Å². The van der Waals surface area contributed by atoms with Crippen molar-refractivity contribution in [3.63, 3.8) is 0 Å². The van der Waals surface area contributed by atoms with E-state index in [4.69, 9.17) is 16.6 Å². The standard InChI is InChI=1S/C19H25ClN4O/c1-2-6-24-16(25)14-15(23-18(24)20)22-17(21-14)19-5-3-4-12-7-11(9-19)8-13(12)10-19/h11-13H,2-10H2,1H3,(H,21,22). The maximum atomic E-state index is 12.8. The minimum Gasteiger partial charge on any atom is -0.336 e. The van der Waals surface area contributed by atoms with E-state index >= 15 is 0 Å². The lowest BCUT2D eigenvalue weighted by Crippen LogP contribution is -2.34. The average molecular weight is 361 g/mol. The van der Waals surface area contributed by atoms with Gasteiger partial charge >= 0.3 is 0 Å². The van der Waals surface area contributed by atoms with Crippen LogP contribution in [0.5, 0.6) is 0 Å². The SMILES string of the molecule is CCCn1c(Cl)nc2nc(C34CCCC5CC(CC5C3)C4)[nH]c2c1=O. The molecule has 0 radical (unpaired) electrons. The highest BCUT2D eigenvalue weighted by atomic mass is 35.5. The van der Waals surface area contributed by atoms with Crippen LogP contribution >= 0.6 is 11.6 Å². The number of imidazole rings is 1. The third kappa shape index (κ3) is 2.31. The molecule has 0 aliphatic heterocycles. The van der Waals surface area contributed by atoms with Gasteiger partial charge in [0.25, 0.3) is 5.56 Å². The molecule has 6 heteroatoms. The Bertz CT molecular complexity index is 887. The summed E-state index contributed by atoms with van der Waals surface area (Å²) in [6.07, 6.45) is 9.94. The summed E-state index contributed by atoms with van der Waals surface area (Å²) < 4.78 is 1.55. The largest absolute Gasteiger partial charge is 0.336 e. The summed E-state index contributed by atoms with van der Waals surface area (Å²) in [6, 6.07) is 0. The molecule has 0 aromatic carbocycles. The van der Waals surface area contributed by atoms with Gasteiger partial charge in [-0.1, -0.05) is 19.8 Å². The molecule has 3 fully saturated rings. The van der Waals surface area contributed by atoms with Crippen molar-refractivity contribution < 1.29 is 0 Å². The highest BCUT2D eigenvalue weighted by Gasteiger charge is 2.51. The quantitative estimate of drug-likeness (QED) is 0.840. The van der Waals surface area contributed by atoms with Gasteiger partial charge < -0.3 is 4.98 Å². The maximum Gasteiger partial charge on any atom is 0.280 e. The monoisotopic (exact) mass is 360 g/mol. The van der Waals surface area contributed by atoms with Crippen LogP contribution in [0.15, 0.2) is 4.79 Å². The maximum absolute atomic E-state index is 12.8. The van der Waals surface area contributed by atoms with E-state index < -0.39 is 0 Å². The Balaban J connectivity index is 1.63. The minimum absolute atomic E-state index is 0.0859. The van der Waals surface area contributed by atoms with Crippen molar-refractivity contribution in [2.24, 2.45) is 17.8 Å². The predicted octanol–water partition coefficient (Wildman–Crippen LogP) is 4.04.